The van der Waals surface area contributed by atoms with Gasteiger partial charge in [-0.2, -0.15) is 11.8 Å². The van der Waals surface area contributed by atoms with Gasteiger partial charge in [-0.25, -0.2) is 4.98 Å². The standard InChI is InChI=1S/C15H21N5O2S/c21-14(7-12-10-23-6-4-16-12)19-11-1-2-13(18-8-11)20-5-3-17-15(22)9-20/h1-2,8,12,16H,3-7,9-10H2,(H,17,22)(H,19,21). The maximum absolute atomic E-state index is 12.1. The summed E-state index contributed by atoms with van der Waals surface area (Å²) in [6, 6.07) is 3.91. The summed E-state index contributed by atoms with van der Waals surface area (Å²) in [4.78, 5) is 29.7. The SMILES string of the molecule is O=C1CN(c2ccc(NC(=O)CC3CSCCN3)cn2)CCN1. The van der Waals surface area contributed by atoms with Crippen molar-refractivity contribution >= 4 is 35.1 Å². The van der Waals surface area contributed by atoms with Crippen LogP contribution in [-0.4, -0.2) is 60.5 Å². The number of thioether (sulfide) groups is 1. The molecule has 124 valence electrons. The van der Waals surface area contributed by atoms with E-state index in [0.29, 0.717) is 25.2 Å². The van der Waals surface area contributed by atoms with Crippen LogP contribution < -0.4 is 20.9 Å². The van der Waals surface area contributed by atoms with E-state index in [1.807, 2.05) is 28.8 Å². The number of pyridine rings is 1. The summed E-state index contributed by atoms with van der Waals surface area (Å²) >= 11 is 1.88. The fraction of sp³-hybridized carbons (Fsp3) is 0.533. The Morgan fingerprint density at radius 1 is 1.43 bits per heavy atom. The second kappa shape index (κ2) is 7.65. The van der Waals surface area contributed by atoms with E-state index in [-0.39, 0.29) is 17.9 Å². The fourth-order valence-electron chi connectivity index (χ4n) is 2.67. The minimum absolute atomic E-state index is 0.00287. The molecule has 8 heteroatoms. The summed E-state index contributed by atoms with van der Waals surface area (Å²) in [6.45, 7) is 2.66. The minimum Gasteiger partial charge on any atom is -0.353 e. The number of anilines is 2. The molecule has 0 radical (unpaired) electrons. The number of carbonyl (C=O) groups is 2. The van der Waals surface area contributed by atoms with Crippen molar-refractivity contribution < 1.29 is 9.59 Å². The van der Waals surface area contributed by atoms with E-state index in [4.69, 9.17) is 0 Å². The number of hydrogen-bond acceptors (Lipinski definition) is 6. The molecule has 0 aliphatic carbocycles. The Morgan fingerprint density at radius 2 is 2.35 bits per heavy atom. The van der Waals surface area contributed by atoms with E-state index < -0.39 is 0 Å². The Hall–Kier alpha value is -1.80. The number of nitrogens with one attached hydrogen (secondary N) is 3. The molecule has 1 aromatic heterocycles. The molecule has 7 nitrogen and oxygen atoms in total. The maximum Gasteiger partial charge on any atom is 0.239 e. The Morgan fingerprint density at radius 3 is 3.04 bits per heavy atom. The predicted molar refractivity (Wildman–Crippen MR) is 91.8 cm³/mol. The van der Waals surface area contributed by atoms with Crippen LogP contribution in [0.2, 0.25) is 0 Å². The van der Waals surface area contributed by atoms with Crippen LogP contribution in [0.5, 0.6) is 0 Å². The summed E-state index contributed by atoms with van der Waals surface area (Å²) < 4.78 is 0. The van der Waals surface area contributed by atoms with Crippen molar-refractivity contribution in [1.29, 1.82) is 0 Å². The van der Waals surface area contributed by atoms with Crippen LogP contribution in [0.25, 0.3) is 0 Å². The molecule has 3 N–H and O–H groups in total. The first-order valence-corrected chi connectivity index (χ1v) is 8.95. The maximum atomic E-state index is 12.1. The molecular weight excluding hydrogens is 314 g/mol. The smallest absolute Gasteiger partial charge is 0.239 e. The van der Waals surface area contributed by atoms with E-state index >= 15 is 0 Å². The lowest BCUT2D eigenvalue weighted by Gasteiger charge is -2.27. The van der Waals surface area contributed by atoms with Gasteiger partial charge in [-0.05, 0) is 12.1 Å². The molecule has 2 saturated heterocycles. The molecular formula is C15H21N5O2S. The van der Waals surface area contributed by atoms with Crippen molar-refractivity contribution in [3.8, 4) is 0 Å². The lowest BCUT2D eigenvalue weighted by molar-refractivity contribution is -0.120. The summed E-state index contributed by atoms with van der Waals surface area (Å²) in [5.41, 5.74) is 0.684. The number of hydrogen-bond donors (Lipinski definition) is 3. The van der Waals surface area contributed by atoms with Crippen molar-refractivity contribution in [3.63, 3.8) is 0 Å². The number of amides is 2. The molecule has 1 unspecified atom stereocenters. The van der Waals surface area contributed by atoms with Crippen LogP contribution in [0, 0.1) is 0 Å². The highest BCUT2D eigenvalue weighted by Gasteiger charge is 2.18. The number of nitrogens with zero attached hydrogens (tertiary/aromatic N) is 2. The molecule has 23 heavy (non-hydrogen) atoms. The Kier molecular flexibility index (Phi) is 5.35. The van der Waals surface area contributed by atoms with Crippen LogP contribution in [0.15, 0.2) is 18.3 Å². The zero-order valence-corrected chi connectivity index (χ0v) is 13.7. The highest BCUT2D eigenvalue weighted by atomic mass is 32.2. The van der Waals surface area contributed by atoms with Crippen LogP contribution in [0.1, 0.15) is 6.42 Å². The molecule has 1 aromatic rings. The van der Waals surface area contributed by atoms with E-state index in [9.17, 15) is 9.59 Å². The highest BCUT2D eigenvalue weighted by molar-refractivity contribution is 7.99. The van der Waals surface area contributed by atoms with Crippen molar-refractivity contribution in [2.24, 2.45) is 0 Å². The van der Waals surface area contributed by atoms with Gasteiger partial charge in [-0.3, -0.25) is 9.59 Å². The Bertz CT molecular complexity index is 559. The third kappa shape index (κ3) is 4.59. The first-order valence-electron chi connectivity index (χ1n) is 7.79. The summed E-state index contributed by atoms with van der Waals surface area (Å²) in [5, 5.41) is 9.01. The third-order valence-corrected chi connectivity index (χ3v) is 4.96. The Labute approximate surface area is 139 Å². The van der Waals surface area contributed by atoms with Gasteiger partial charge in [0.1, 0.15) is 5.82 Å². The Balaban J connectivity index is 1.52. The second-order valence-corrected chi connectivity index (χ2v) is 6.80. The predicted octanol–water partition coefficient (Wildman–Crippen LogP) is 0.0514. The van der Waals surface area contributed by atoms with Gasteiger partial charge >= 0.3 is 0 Å². The number of carbonyl (C=O) groups excluding carboxylic acids is 2. The van der Waals surface area contributed by atoms with Crippen molar-refractivity contribution in [2.75, 3.05) is 47.9 Å². The second-order valence-electron chi connectivity index (χ2n) is 5.65. The summed E-state index contributed by atoms with van der Waals surface area (Å²) in [6.07, 6.45) is 2.11. The molecule has 2 amide bonds. The lowest BCUT2D eigenvalue weighted by atomic mass is 10.2. The van der Waals surface area contributed by atoms with Crippen molar-refractivity contribution in [1.82, 2.24) is 15.6 Å². The van der Waals surface area contributed by atoms with Crippen molar-refractivity contribution in [3.05, 3.63) is 18.3 Å². The topological polar surface area (TPSA) is 86.4 Å². The van der Waals surface area contributed by atoms with Gasteiger partial charge in [0.05, 0.1) is 18.4 Å². The zero-order valence-electron chi connectivity index (χ0n) is 12.9. The minimum atomic E-state index is -0.00287. The van der Waals surface area contributed by atoms with E-state index in [2.05, 4.69) is 20.9 Å². The van der Waals surface area contributed by atoms with E-state index in [0.717, 1.165) is 30.4 Å². The quantitative estimate of drug-likeness (QED) is 0.721. The monoisotopic (exact) mass is 335 g/mol. The lowest BCUT2D eigenvalue weighted by Crippen LogP contribution is -2.48. The molecule has 0 aromatic carbocycles. The molecule has 0 bridgehead atoms. The molecule has 2 fully saturated rings. The fourth-order valence-corrected chi connectivity index (χ4v) is 3.62. The average Bonchev–Trinajstić information content (AvgIpc) is 2.56. The van der Waals surface area contributed by atoms with Crippen LogP contribution >= 0.6 is 11.8 Å². The number of piperazine rings is 1. The van der Waals surface area contributed by atoms with Gasteiger partial charge in [0.15, 0.2) is 0 Å². The van der Waals surface area contributed by atoms with Gasteiger partial charge in [0, 0.05) is 43.6 Å². The molecule has 2 aliphatic heterocycles. The van der Waals surface area contributed by atoms with E-state index in [1.54, 1.807) is 6.20 Å². The first-order chi connectivity index (χ1) is 11.2. The summed E-state index contributed by atoms with van der Waals surface area (Å²) in [5.74, 6) is 2.84. The molecule has 2 aliphatic rings. The molecule has 1 atom stereocenters. The number of aromatic nitrogens is 1. The van der Waals surface area contributed by atoms with Gasteiger partial charge in [-0.15, -0.1) is 0 Å². The van der Waals surface area contributed by atoms with Crippen LogP contribution in [0.4, 0.5) is 11.5 Å². The number of rotatable bonds is 4. The van der Waals surface area contributed by atoms with Gasteiger partial charge in [0.25, 0.3) is 0 Å². The molecule has 3 rings (SSSR count). The molecule has 3 heterocycles. The van der Waals surface area contributed by atoms with Crippen LogP contribution in [0.3, 0.4) is 0 Å². The molecule has 0 spiro atoms. The third-order valence-electron chi connectivity index (χ3n) is 3.82. The normalized spacial score (nSPS) is 21.7. The largest absolute Gasteiger partial charge is 0.353 e. The molecule has 0 saturated carbocycles. The van der Waals surface area contributed by atoms with Crippen LogP contribution in [-0.2, 0) is 9.59 Å². The first kappa shape index (κ1) is 16.1. The van der Waals surface area contributed by atoms with E-state index in [1.165, 1.54) is 0 Å². The zero-order chi connectivity index (χ0) is 16.1. The summed E-state index contributed by atoms with van der Waals surface area (Å²) in [7, 11) is 0. The van der Waals surface area contributed by atoms with Gasteiger partial charge in [-0.1, -0.05) is 0 Å². The van der Waals surface area contributed by atoms with Gasteiger partial charge in [0.2, 0.25) is 11.8 Å². The van der Waals surface area contributed by atoms with Crippen molar-refractivity contribution in [2.45, 2.75) is 12.5 Å². The van der Waals surface area contributed by atoms with Gasteiger partial charge < -0.3 is 20.9 Å². The highest BCUT2D eigenvalue weighted by Crippen LogP contribution is 2.16. The average molecular weight is 335 g/mol.